The standard InChI is InChI=1S/C22H20O6/c23-17(12-11-14-7-3-1-4-8-14)27-22-20-16(13-18(24)28-20)26-21(22)19(25)15-9-5-2-6-10-15/h1-12,16,19-22,25H,13H2/b12-11+/t16-,19+,20+,21-,22-/m1/s1. The number of benzene rings is 2. The zero-order chi connectivity index (χ0) is 19.5. The summed E-state index contributed by atoms with van der Waals surface area (Å²) < 4.78 is 16.7. The molecular formula is C22H20O6. The van der Waals surface area contributed by atoms with E-state index in [9.17, 15) is 14.7 Å². The molecule has 144 valence electrons. The highest BCUT2D eigenvalue weighted by Gasteiger charge is 2.55. The Bertz CT molecular complexity index is 863. The van der Waals surface area contributed by atoms with E-state index in [-0.39, 0.29) is 6.42 Å². The number of rotatable bonds is 5. The molecule has 28 heavy (non-hydrogen) atoms. The van der Waals surface area contributed by atoms with Crippen LogP contribution in [-0.2, 0) is 23.8 Å². The van der Waals surface area contributed by atoms with Crippen LogP contribution in [0.2, 0.25) is 0 Å². The molecule has 0 amide bonds. The summed E-state index contributed by atoms with van der Waals surface area (Å²) in [4.78, 5) is 24.0. The summed E-state index contributed by atoms with van der Waals surface area (Å²) in [5.41, 5.74) is 1.49. The number of ether oxygens (including phenoxy) is 3. The highest BCUT2D eigenvalue weighted by Crippen LogP contribution is 2.38. The summed E-state index contributed by atoms with van der Waals surface area (Å²) in [6, 6.07) is 18.3. The SMILES string of the molecule is O=C(/C=C/c1ccccc1)O[C@@H]1[C@H]2OC(=O)C[C@H]2O[C@@H]1[C@@H](O)c1ccccc1. The van der Waals surface area contributed by atoms with Crippen LogP contribution in [0.4, 0.5) is 0 Å². The van der Waals surface area contributed by atoms with Crippen LogP contribution in [0, 0.1) is 0 Å². The number of aliphatic hydroxyl groups excluding tert-OH is 1. The van der Waals surface area contributed by atoms with Crippen molar-refractivity contribution in [3.05, 3.63) is 77.9 Å². The highest BCUT2D eigenvalue weighted by molar-refractivity contribution is 5.87. The van der Waals surface area contributed by atoms with Gasteiger partial charge in [0.25, 0.3) is 0 Å². The summed E-state index contributed by atoms with van der Waals surface area (Å²) in [6.45, 7) is 0. The number of fused-ring (bicyclic) bond motifs is 1. The number of hydrogen-bond donors (Lipinski definition) is 1. The van der Waals surface area contributed by atoms with Crippen molar-refractivity contribution >= 4 is 18.0 Å². The van der Waals surface area contributed by atoms with Crippen LogP contribution in [0.15, 0.2) is 66.7 Å². The van der Waals surface area contributed by atoms with Gasteiger partial charge in [-0.25, -0.2) is 4.79 Å². The van der Waals surface area contributed by atoms with E-state index in [2.05, 4.69) is 0 Å². The Balaban J connectivity index is 1.51. The quantitative estimate of drug-likeness (QED) is 0.634. The number of carbonyl (C=O) groups excluding carboxylic acids is 2. The molecule has 0 saturated carbocycles. The van der Waals surface area contributed by atoms with Crippen LogP contribution in [0.5, 0.6) is 0 Å². The van der Waals surface area contributed by atoms with Crippen molar-refractivity contribution in [3.63, 3.8) is 0 Å². The fourth-order valence-corrected chi connectivity index (χ4v) is 3.56. The molecule has 0 aromatic heterocycles. The monoisotopic (exact) mass is 380 g/mol. The first-order chi connectivity index (χ1) is 13.6. The van der Waals surface area contributed by atoms with Crippen molar-refractivity contribution < 1.29 is 28.9 Å². The lowest BCUT2D eigenvalue weighted by Crippen LogP contribution is -2.39. The van der Waals surface area contributed by atoms with Gasteiger partial charge in [-0.2, -0.15) is 0 Å². The fourth-order valence-electron chi connectivity index (χ4n) is 3.56. The van der Waals surface area contributed by atoms with Gasteiger partial charge in [-0.1, -0.05) is 60.7 Å². The lowest BCUT2D eigenvalue weighted by molar-refractivity contribution is -0.162. The zero-order valence-corrected chi connectivity index (χ0v) is 15.0. The van der Waals surface area contributed by atoms with Crippen LogP contribution < -0.4 is 0 Å². The van der Waals surface area contributed by atoms with Gasteiger partial charge in [0.05, 0.1) is 6.42 Å². The van der Waals surface area contributed by atoms with Crippen molar-refractivity contribution in [2.75, 3.05) is 0 Å². The van der Waals surface area contributed by atoms with Gasteiger partial charge in [-0.05, 0) is 17.2 Å². The van der Waals surface area contributed by atoms with Crippen molar-refractivity contribution in [2.24, 2.45) is 0 Å². The van der Waals surface area contributed by atoms with E-state index < -0.39 is 42.5 Å². The summed E-state index contributed by atoms with van der Waals surface area (Å²) in [7, 11) is 0. The molecule has 2 aromatic rings. The van der Waals surface area contributed by atoms with Crippen LogP contribution in [0.3, 0.4) is 0 Å². The molecule has 6 nitrogen and oxygen atoms in total. The smallest absolute Gasteiger partial charge is 0.331 e. The Morgan fingerprint density at radius 3 is 2.50 bits per heavy atom. The molecule has 0 bridgehead atoms. The zero-order valence-electron chi connectivity index (χ0n) is 15.0. The number of aliphatic hydroxyl groups is 1. The van der Waals surface area contributed by atoms with E-state index in [1.54, 1.807) is 30.3 Å². The van der Waals surface area contributed by atoms with Crippen molar-refractivity contribution in [1.29, 1.82) is 0 Å². The van der Waals surface area contributed by atoms with E-state index in [0.29, 0.717) is 5.56 Å². The van der Waals surface area contributed by atoms with E-state index in [0.717, 1.165) is 5.56 Å². The largest absolute Gasteiger partial charge is 0.455 e. The highest BCUT2D eigenvalue weighted by atomic mass is 16.7. The predicted molar refractivity (Wildman–Crippen MR) is 99.9 cm³/mol. The first-order valence-electron chi connectivity index (χ1n) is 9.13. The Morgan fingerprint density at radius 1 is 1.11 bits per heavy atom. The maximum Gasteiger partial charge on any atom is 0.331 e. The Morgan fingerprint density at radius 2 is 1.79 bits per heavy atom. The molecule has 2 aromatic carbocycles. The number of hydrogen-bond acceptors (Lipinski definition) is 6. The third-order valence-electron chi connectivity index (χ3n) is 4.90. The third-order valence-corrected chi connectivity index (χ3v) is 4.90. The van der Waals surface area contributed by atoms with Crippen LogP contribution in [-0.4, -0.2) is 41.5 Å². The molecule has 1 N–H and O–H groups in total. The van der Waals surface area contributed by atoms with Gasteiger partial charge < -0.3 is 19.3 Å². The first-order valence-corrected chi connectivity index (χ1v) is 9.13. The Hall–Kier alpha value is -2.96. The van der Waals surface area contributed by atoms with Gasteiger partial charge >= 0.3 is 11.9 Å². The van der Waals surface area contributed by atoms with Crippen molar-refractivity contribution in [1.82, 2.24) is 0 Å². The summed E-state index contributed by atoms with van der Waals surface area (Å²) >= 11 is 0. The van der Waals surface area contributed by atoms with E-state index in [1.165, 1.54) is 6.08 Å². The first kappa shape index (κ1) is 18.4. The predicted octanol–water partition coefficient (Wildman–Crippen LogP) is 2.43. The molecule has 2 heterocycles. The maximum absolute atomic E-state index is 12.4. The molecule has 0 radical (unpaired) electrons. The second-order valence-electron chi connectivity index (χ2n) is 6.80. The molecule has 2 saturated heterocycles. The average Bonchev–Trinajstić information content (AvgIpc) is 3.24. The molecule has 2 fully saturated rings. The number of carbonyl (C=O) groups is 2. The van der Waals surface area contributed by atoms with Gasteiger partial charge in [-0.15, -0.1) is 0 Å². The fraction of sp³-hybridized carbons (Fsp3) is 0.273. The topological polar surface area (TPSA) is 82.1 Å². The van der Waals surface area contributed by atoms with Crippen molar-refractivity contribution in [3.8, 4) is 0 Å². The lowest BCUT2D eigenvalue weighted by Gasteiger charge is -2.25. The number of esters is 2. The minimum Gasteiger partial charge on any atom is -0.455 e. The van der Waals surface area contributed by atoms with Gasteiger partial charge in [0.1, 0.15) is 18.3 Å². The second-order valence-corrected chi connectivity index (χ2v) is 6.80. The average molecular weight is 380 g/mol. The Labute approximate surface area is 162 Å². The third kappa shape index (κ3) is 3.83. The second kappa shape index (κ2) is 7.96. The van der Waals surface area contributed by atoms with Gasteiger partial charge in [0.15, 0.2) is 12.2 Å². The lowest BCUT2D eigenvalue weighted by atomic mass is 9.98. The molecular weight excluding hydrogens is 360 g/mol. The van der Waals surface area contributed by atoms with Crippen LogP contribution >= 0.6 is 0 Å². The van der Waals surface area contributed by atoms with Crippen LogP contribution in [0.1, 0.15) is 23.7 Å². The van der Waals surface area contributed by atoms with E-state index in [1.807, 2.05) is 36.4 Å². The minimum absolute atomic E-state index is 0.0799. The van der Waals surface area contributed by atoms with E-state index >= 15 is 0 Å². The molecule has 5 atom stereocenters. The molecule has 6 heteroatoms. The molecule has 0 unspecified atom stereocenters. The molecule has 0 aliphatic carbocycles. The molecule has 4 rings (SSSR count). The van der Waals surface area contributed by atoms with Crippen molar-refractivity contribution in [2.45, 2.75) is 36.9 Å². The normalized spacial score (nSPS) is 27.4. The molecule has 0 spiro atoms. The Kier molecular flexibility index (Phi) is 5.23. The molecule has 2 aliphatic heterocycles. The summed E-state index contributed by atoms with van der Waals surface area (Å²) in [5, 5.41) is 10.8. The van der Waals surface area contributed by atoms with Gasteiger partial charge in [0.2, 0.25) is 0 Å². The van der Waals surface area contributed by atoms with Crippen LogP contribution in [0.25, 0.3) is 6.08 Å². The summed E-state index contributed by atoms with van der Waals surface area (Å²) in [6.07, 6.45) is -0.946. The summed E-state index contributed by atoms with van der Waals surface area (Å²) in [5.74, 6) is -0.991. The molecule has 2 aliphatic rings. The minimum atomic E-state index is -1.01. The maximum atomic E-state index is 12.4. The van der Waals surface area contributed by atoms with E-state index in [4.69, 9.17) is 14.2 Å². The van der Waals surface area contributed by atoms with Gasteiger partial charge in [-0.3, -0.25) is 4.79 Å². The van der Waals surface area contributed by atoms with Gasteiger partial charge in [0, 0.05) is 6.08 Å².